The van der Waals surface area contributed by atoms with E-state index in [1.807, 2.05) is 32.0 Å². The van der Waals surface area contributed by atoms with Gasteiger partial charge in [0.05, 0.1) is 0 Å². The van der Waals surface area contributed by atoms with E-state index in [9.17, 15) is 0 Å². The SMILES string of the molecule is C/C=C\C=C1\C=C=C2/C=C/C=C(/C=C/C=C/c3cc#ccc3)C3C=CC=C(C3)C21.CC.CCCC. The van der Waals surface area contributed by atoms with E-state index < -0.39 is 0 Å². The third-order valence-corrected chi connectivity index (χ3v) is 5.87. The number of fused-ring (bicyclic) bond motifs is 4. The Morgan fingerprint density at radius 2 is 1.77 bits per heavy atom. The molecule has 4 rings (SSSR count). The molecule has 0 spiro atoms. The van der Waals surface area contributed by atoms with Gasteiger partial charge in [-0.15, -0.1) is 5.73 Å². The molecule has 0 aromatic heterocycles. The highest BCUT2D eigenvalue weighted by Gasteiger charge is 2.27. The molecule has 0 aliphatic heterocycles. The van der Waals surface area contributed by atoms with Crippen LogP contribution in [-0.2, 0) is 0 Å². The minimum atomic E-state index is 0.317. The molecular formula is C35H40. The fourth-order valence-corrected chi connectivity index (χ4v) is 3.93. The molecule has 180 valence electrons. The summed E-state index contributed by atoms with van der Waals surface area (Å²) in [5.74, 6) is 0.713. The molecule has 0 radical (unpaired) electrons. The lowest BCUT2D eigenvalue weighted by Gasteiger charge is -2.24. The van der Waals surface area contributed by atoms with Crippen LogP contribution >= 0.6 is 0 Å². The van der Waals surface area contributed by atoms with Gasteiger partial charge >= 0.3 is 0 Å². The van der Waals surface area contributed by atoms with Crippen LogP contribution in [0.2, 0.25) is 0 Å². The average molecular weight is 461 g/mol. The highest BCUT2D eigenvalue weighted by atomic mass is 14.3. The van der Waals surface area contributed by atoms with Gasteiger partial charge in [-0.1, -0.05) is 137 Å². The second-order valence-corrected chi connectivity index (χ2v) is 8.32. The molecule has 3 aliphatic carbocycles. The zero-order valence-corrected chi connectivity index (χ0v) is 22.1. The molecule has 0 saturated carbocycles. The maximum absolute atomic E-state index is 3.48. The van der Waals surface area contributed by atoms with Gasteiger partial charge in [0.1, 0.15) is 0 Å². The van der Waals surface area contributed by atoms with E-state index in [2.05, 4.69) is 124 Å². The Hall–Kier alpha value is -3.52. The lowest BCUT2D eigenvalue weighted by atomic mass is 9.79. The zero-order valence-electron chi connectivity index (χ0n) is 22.1. The maximum atomic E-state index is 3.48. The molecule has 2 atom stereocenters. The van der Waals surface area contributed by atoms with Crippen LogP contribution in [0.5, 0.6) is 0 Å². The smallest absolute Gasteiger partial charge is 0.0381 e. The molecule has 2 unspecified atom stereocenters. The average Bonchev–Trinajstić information content (AvgIpc) is 3.34. The predicted molar refractivity (Wildman–Crippen MR) is 155 cm³/mol. The summed E-state index contributed by atoms with van der Waals surface area (Å²) in [7, 11) is 0. The quantitative estimate of drug-likeness (QED) is 0.303. The lowest BCUT2D eigenvalue weighted by molar-refractivity contribution is 0.694. The number of rotatable bonds is 5. The van der Waals surface area contributed by atoms with E-state index in [4.69, 9.17) is 0 Å². The summed E-state index contributed by atoms with van der Waals surface area (Å²) in [4.78, 5) is 0. The summed E-state index contributed by atoms with van der Waals surface area (Å²) < 4.78 is 0. The second-order valence-electron chi connectivity index (χ2n) is 8.32. The summed E-state index contributed by atoms with van der Waals surface area (Å²) in [6, 6.07) is 11.8. The third-order valence-electron chi connectivity index (χ3n) is 5.87. The Bertz CT molecular complexity index is 1080. The number of allylic oxidation sites excluding steroid dienone is 16. The topological polar surface area (TPSA) is 0 Å². The van der Waals surface area contributed by atoms with Gasteiger partial charge in [0, 0.05) is 17.4 Å². The third kappa shape index (κ3) is 8.64. The van der Waals surface area contributed by atoms with Gasteiger partial charge in [-0.2, -0.15) is 0 Å². The van der Waals surface area contributed by atoms with Crippen molar-refractivity contribution in [1.29, 1.82) is 0 Å². The van der Waals surface area contributed by atoms with Crippen molar-refractivity contribution >= 4 is 6.08 Å². The standard InChI is InChI=1S/C29H24.C4H10.C2H6/c1-2-3-14-25-20-21-26-17-9-16-24(27-18-10-19-28(22-27)29(25)26)15-8-7-13-23-11-5-4-6-12-23;1-3-4-2;1-2/h2-3,5,7-20,27,29H,22H2,1H3;3-4H2,1-2H3;1-2H3/b3-2-,13-7+,15-8+,17-9+,24-16-,25-14-;;. The Morgan fingerprint density at radius 3 is 2.49 bits per heavy atom. The van der Waals surface area contributed by atoms with Crippen molar-refractivity contribution in [1.82, 2.24) is 0 Å². The van der Waals surface area contributed by atoms with Gasteiger partial charge in [0.25, 0.3) is 0 Å². The van der Waals surface area contributed by atoms with Crippen molar-refractivity contribution in [2.24, 2.45) is 11.8 Å². The molecule has 35 heavy (non-hydrogen) atoms. The Morgan fingerprint density at radius 1 is 0.971 bits per heavy atom. The molecule has 0 nitrogen and oxygen atoms in total. The maximum Gasteiger partial charge on any atom is 0.0381 e. The van der Waals surface area contributed by atoms with Crippen molar-refractivity contribution < 1.29 is 0 Å². The molecule has 0 amide bonds. The van der Waals surface area contributed by atoms with Gasteiger partial charge in [-0.05, 0) is 54.3 Å². The Kier molecular flexibility index (Phi) is 12.8. The number of unbranched alkanes of at least 4 members (excludes halogenated alkanes) is 1. The molecule has 0 N–H and O–H groups in total. The molecule has 0 heterocycles. The van der Waals surface area contributed by atoms with Crippen LogP contribution in [0, 0.1) is 24.0 Å². The van der Waals surface area contributed by atoms with Crippen LogP contribution in [0.25, 0.3) is 6.08 Å². The first-order valence-corrected chi connectivity index (χ1v) is 13.0. The summed E-state index contributed by atoms with van der Waals surface area (Å²) in [5.41, 5.74) is 9.96. The van der Waals surface area contributed by atoms with Crippen LogP contribution < -0.4 is 0 Å². The fraction of sp³-hybridized carbons (Fsp3) is 0.286. The summed E-state index contributed by atoms with van der Waals surface area (Å²) in [6.45, 7) is 10.4. The molecule has 1 aromatic rings. The van der Waals surface area contributed by atoms with Crippen LogP contribution in [-0.4, -0.2) is 0 Å². The fourth-order valence-electron chi connectivity index (χ4n) is 3.93. The molecule has 2 bridgehead atoms. The van der Waals surface area contributed by atoms with Crippen molar-refractivity contribution in [3.63, 3.8) is 0 Å². The molecular weight excluding hydrogens is 420 g/mol. The Labute approximate surface area is 214 Å². The van der Waals surface area contributed by atoms with E-state index >= 15 is 0 Å². The van der Waals surface area contributed by atoms with Crippen molar-refractivity contribution in [2.75, 3.05) is 0 Å². The van der Waals surface area contributed by atoms with Gasteiger partial charge in [-0.25, -0.2) is 0 Å². The van der Waals surface area contributed by atoms with E-state index in [-0.39, 0.29) is 0 Å². The summed E-state index contributed by atoms with van der Waals surface area (Å²) in [5, 5.41) is 0. The van der Waals surface area contributed by atoms with Crippen LogP contribution in [0.1, 0.15) is 59.4 Å². The molecule has 0 heteroatoms. The van der Waals surface area contributed by atoms with E-state index in [0.717, 1.165) is 12.0 Å². The second kappa shape index (κ2) is 16.2. The zero-order chi connectivity index (χ0) is 25.3. The first kappa shape index (κ1) is 27.7. The highest BCUT2D eigenvalue weighted by molar-refractivity contribution is 5.53. The molecule has 0 fully saturated rings. The highest BCUT2D eigenvalue weighted by Crippen LogP contribution is 2.40. The van der Waals surface area contributed by atoms with Gasteiger partial charge in [0.15, 0.2) is 0 Å². The number of hydrogen-bond acceptors (Lipinski definition) is 0. The minimum Gasteiger partial charge on any atom is -0.116 e. The van der Waals surface area contributed by atoms with Crippen LogP contribution in [0.4, 0.5) is 0 Å². The summed E-state index contributed by atoms with van der Waals surface area (Å²) in [6.07, 6.45) is 34.2. The molecule has 0 saturated heterocycles. The van der Waals surface area contributed by atoms with E-state index in [0.29, 0.717) is 11.8 Å². The van der Waals surface area contributed by atoms with Gasteiger partial charge < -0.3 is 0 Å². The van der Waals surface area contributed by atoms with Gasteiger partial charge in [0.2, 0.25) is 0 Å². The van der Waals surface area contributed by atoms with E-state index in [1.54, 1.807) is 0 Å². The normalized spacial score (nSPS) is 23.6. The van der Waals surface area contributed by atoms with Crippen LogP contribution in [0.15, 0.2) is 125 Å². The van der Waals surface area contributed by atoms with Crippen molar-refractivity contribution in [2.45, 2.75) is 53.9 Å². The molecule has 1 aromatic carbocycles. The number of hydrogen-bond donors (Lipinski definition) is 0. The van der Waals surface area contributed by atoms with Crippen molar-refractivity contribution in [3.8, 4) is 0 Å². The lowest BCUT2D eigenvalue weighted by Crippen LogP contribution is -2.12. The summed E-state index contributed by atoms with van der Waals surface area (Å²) >= 11 is 0. The first-order chi connectivity index (χ1) is 17.3. The largest absolute Gasteiger partial charge is 0.116 e. The van der Waals surface area contributed by atoms with E-state index in [1.165, 1.54) is 35.1 Å². The monoisotopic (exact) mass is 460 g/mol. The predicted octanol–water partition coefficient (Wildman–Crippen LogP) is 9.90. The van der Waals surface area contributed by atoms with Crippen LogP contribution in [0.3, 0.4) is 0 Å². The first-order valence-electron chi connectivity index (χ1n) is 13.0. The minimum absolute atomic E-state index is 0.317. The molecule has 3 aliphatic rings. The van der Waals surface area contributed by atoms with Gasteiger partial charge in [-0.3, -0.25) is 0 Å². The van der Waals surface area contributed by atoms with Crippen molar-refractivity contribution in [3.05, 3.63) is 143 Å². The Balaban J connectivity index is 0.000000655.